The number of thiazole rings is 1. The number of nitrogens with zero attached hydrogens (tertiary/aromatic N) is 3. The number of hydrogen-bond acceptors (Lipinski definition) is 4. The van der Waals surface area contributed by atoms with Crippen LogP contribution in [0.15, 0.2) is 24.3 Å². The molecule has 1 aromatic carbocycles. The van der Waals surface area contributed by atoms with Crippen molar-refractivity contribution in [3.8, 4) is 10.6 Å². The third-order valence-corrected chi connectivity index (χ3v) is 7.06. The van der Waals surface area contributed by atoms with Crippen LogP contribution in [-0.4, -0.2) is 52.9 Å². The van der Waals surface area contributed by atoms with E-state index in [1.54, 1.807) is 11.3 Å². The molecule has 1 aromatic heterocycles. The van der Waals surface area contributed by atoms with Gasteiger partial charge in [0.1, 0.15) is 9.88 Å². The number of amides is 1. The Balaban J connectivity index is 1.76. The lowest BCUT2D eigenvalue weighted by atomic mass is 9.98. The average Bonchev–Trinajstić information content (AvgIpc) is 3.10. The molecule has 1 amide bonds. The molecular formula is C23H33N3OS. The van der Waals surface area contributed by atoms with E-state index in [0.717, 1.165) is 60.2 Å². The molecular weight excluding hydrogens is 366 g/mol. The van der Waals surface area contributed by atoms with Crippen molar-refractivity contribution in [3.05, 3.63) is 40.4 Å². The van der Waals surface area contributed by atoms with Gasteiger partial charge in [0.25, 0.3) is 5.91 Å². The standard InChI is InChI=1S/C23H33N3OS/c1-6-25(7-2)18-12-14-26(15-13-18)23(27)21-17(5)24-22(28-21)20-11-9-8-10-19(20)16(3)4/h8-11,16,18H,6-7,12-15H2,1-5H3. The monoisotopic (exact) mass is 399 g/mol. The van der Waals surface area contributed by atoms with Crippen LogP contribution in [0, 0.1) is 6.92 Å². The summed E-state index contributed by atoms with van der Waals surface area (Å²) >= 11 is 1.55. The Morgan fingerprint density at radius 3 is 2.46 bits per heavy atom. The van der Waals surface area contributed by atoms with Crippen molar-refractivity contribution in [1.82, 2.24) is 14.8 Å². The van der Waals surface area contributed by atoms with Gasteiger partial charge in [-0.05, 0) is 44.3 Å². The molecule has 2 heterocycles. The minimum atomic E-state index is 0.154. The molecule has 0 bridgehead atoms. The quantitative estimate of drug-likeness (QED) is 0.671. The van der Waals surface area contributed by atoms with Gasteiger partial charge in [0.05, 0.1) is 5.69 Å². The number of rotatable bonds is 6. The number of hydrogen-bond donors (Lipinski definition) is 0. The maximum Gasteiger partial charge on any atom is 0.265 e. The number of aryl methyl sites for hydroxylation is 1. The van der Waals surface area contributed by atoms with Crippen LogP contribution in [0.5, 0.6) is 0 Å². The van der Waals surface area contributed by atoms with Gasteiger partial charge < -0.3 is 9.80 Å². The van der Waals surface area contributed by atoms with Crippen LogP contribution in [0.4, 0.5) is 0 Å². The van der Waals surface area contributed by atoms with Gasteiger partial charge in [-0.15, -0.1) is 11.3 Å². The maximum atomic E-state index is 13.2. The third-order valence-electron chi connectivity index (χ3n) is 5.88. The highest BCUT2D eigenvalue weighted by molar-refractivity contribution is 7.17. The summed E-state index contributed by atoms with van der Waals surface area (Å²) in [6.45, 7) is 14.7. The molecule has 4 nitrogen and oxygen atoms in total. The van der Waals surface area contributed by atoms with Crippen molar-refractivity contribution in [2.24, 2.45) is 0 Å². The van der Waals surface area contributed by atoms with Gasteiger partial charge in [-0.1, -0.05) is 52.0 Å². The highest BCUT2D eigenvalue weighted by Crippen LogP contribution is 2.34. The predicted molar refractivity (Wildman–Crippen MR) is 118 cm³/mol. The summed E-state index contributed by atoms with van der Waals surface area (Å²) in [6, 6.07) is 9.02. The lowest BCUT2D eigenvalue weighted by molar-refractivity contribution is 0.0635. The maximum absolute atomic E-state index is 13.2. The molecule has 1 aliphatic heterocycles. The first-order valence-corrected chi connectivity index (χ1v) is 11.4. The van der Waals surface area contributed by atoms with Crippen molar-refractivity contribution in [1.29, 1.82) is 0 Å². The highest BCUT2D eigenvalue weighted by Gasteiger charge is 2.28. The van der Waals surface area contributed by atoms with Crippen LogP contribution in [0.3, 0.4) is 0 Å². The summed E-state index contributed by atoms with van der Waals surface area (Å²) in [5.74, 6) is 0.583. The van der Waals surface area contributed by atoms with E-state index in [2.05, 4.69) is 56.9 Å². The normalized spacial score (nSPS) is 15.6. The molecule has 1 saturated heterocycles. The third kappa shape index (κ3) is 4.31. The van der Waals surface area contributed by atoms with Crippen molar-refractivity contribution >= 4 is 17.2 Å². The van der Waals surface area contributed by atoms with Crippen LogP contribution >= 0.6 is 11.3 Å². The topological polar surface area (TPSA) is 36.4 Å². The average molecular weight is 400 g/mol. The largest absolute Gasteiger partial charge is 0.338 e. The SMILES string of the molecule is CCN(CC)C1CCN(C(=O)c2sc(-c3ccccc3C(C)C)nc2C)CC1. The first-order chi connectivity index (χ1) is 13.5. The molecule has 0 atom stereocenters. The minimum absolute atomic E-state index is 0.154. The summed E-state index contributed by atoms with van der Waals surface area (Å²) in [5.41, 5.74) is 3.30. The zero-order valence-electron chi connectivity index (χ0n) is 17.9. The zero-order valence-corrected chi connectivity index (χ0v) is 18.7. The Labute approximate surface area is 173 Å². The summed E-state index contributed by atoms with van der Waals surface area (Å²) in [6.07, 6.45) is 2.13. The van der Waals surface area contributed by atoms with Crippen LogP contribution in [0.2, 0.25) is 0 Å². The molecule has 1 fully saturated rings. The van der Waals surface area contributed by atoms with Crippen molar-refractivity contribution in [2.45, 2.75) is 59.4 Å². The van der Waals surface area contributed by atoms with Crippen LogP contribution in [0.25, 0.3) is 10.6 Å². The number of benzene rings is 1. The first-order valence-electron chi connectivity index (χ1n) is 10.6. The van der Waals surface area contributed by atoms with Crippen LogP contribution in [-0.2, 0) is 0 Å². The molecule has 0 saturated carbocycles. The molecule has 152 valence electrons. The van der Waals surface area contributed by atoms with E-state index in [1.807, 2.05) is 11.8 Å². The number of likely N-dealkylation sites (tertiary alicyclic amines) is 1. The van der Waals surface area contributed by atoms with E-state index >= 15 is 0 Å². The lowest BCUT2D eigenvalue weighted by Gasteiger charge is -2.37. The Bertz CT molecular complexity index is 802. The molecule has 0 N–H and O–H groups in total. The fourth-order valence-corrected chi connectivity index (χ4v) is 5.30. The van der Waals surface area contributed by atoms with Crippen molar-refractivity contribution in [2.75, 3.05) is 26.2 Å². The second kappa shape index (κ2) is 9.19. The highest BCUT2D eigenvalue weighted by atomic mass is 32.1. The van der Waals surface area contributed by atoms with Gasteiger partial charge in [-0.25, -0.2) is 4.98 Å². The van der Waals surface area contributed by atoms with Gasteiger partial charge >= 0.3 is 0 Å². The number of carbonyl (C=O) groups excluding carboxylic acids is 1. The van der Waals surface area contributed by atoms with Gasteiger partial charge in [-0.3, -0.25) is 4.79 Å². The van der Waals surface area contributed by atoms with Crippen LogP contribution < -0.4 is 0 Å². The lowest BCUT2D eigenvalue weighted by Crippen LogP contribution is -2.46. The Morgan fingerprint density at radius 1 is 1.21 bits per heavy atom. The van der Waals surface area contributed by atoms with Gasteiger partial charge in [0.15, 0.2) is 0 Å². The molecule has 0 unspecified atom stereocenters. The number of piperidine rings is 1. The van der Waals surface area contributed by atoms with Crippen molar-refractivity contribution in [3.63, 3.8) is 0 Å². The fourth-order valence-electron chi connectivity index (χ4n) is 4.22. The van der Waals surface area contributed by atoms with Gasteiger partial charge in [-0.2, -0.15) is 0 Å². The van der Waals surface area contributed by atoms with E-state index < -0.39 is 0 Å². The second-order valence-electron chi connectivity index (χ2n) is 7.92. The Hall–Kier alpha value is -1.72. The summed E-state index contributed by atoms with van der Waals surface area (Å²) in [5, 5.41) is 0.961. The summed E-state index contributed by atoms with van der Waals surface area (Å²) < 4.78 is 0. The van der Waals surface area contributed by atoms with Crippen LogP contribution in [0.1, 0.15) is 67.4 Å². The first kappa shape index (κ1) is 21.0. The fraction of sp³-hybridized carbons (Fsp3) is 0.565. The van der Waals surface area contributed by atoms with Gasteiger partial charge in [0.2, 0.25) is 0 Å². The molecule has 2 aromatic rings. The van der Waals surface area contributed by atoms with E-state index in [0.29, 0.717) is 12.0 Å². The van der Waals surface area contributed by atoms with E-state index in [-0.39, 0.29) is 5.91 Å². The molecule has 1 aliphatic rings. The Kier molecular flexibility index (Phi) is 6.89. The Morgan fingerprint density at radius 2 is 1.86 bits per heavy atom. The molecule has 3 rings (SSSR count). The number of aromatic nitrogens is 1. The number of carbonyl (C=O) groups is 1. The molecule has 0 spiro atoms. The van der Waals surface area contributed by atoms with E-state index in [1.165, 1.54) is 5.56 Å². The predicted octanol–water partition coefficient (Wildman–Crippen LogP) is 5.19. The second-order valence-corrected chi connectivity index (χ2v) is 8.92. The minimum Gasteiger partial charge on any atom is -0.338 e. The molecule has 0 radical (unpaired) electrons. The zero-order chi connectivity index (χ0) is 20.3. The molecule has 5 heteroatoms. The summed E-state index contributed by atoms with van der Waals surface area (Å²) in [4.78, 5) is 23.3. The van der Waals surface area contributed by atoms with Crippen molar-refractivity contribution < 1.29 is 4.79 Å². The van der Waals surface area contributed by atoms with Gasteiger partial charge in [0, 0.05) is 24.7 Å². The smallest absolute Gasteiger partial charge is 0.265 e. The van der Waals surface area contributed by atoms with E-state index in [9.17, 15) is 4.79 Å². The van der Waals surface area contributed by atoms with E-state index in [4.69, 9.17) is 4.98 Å². The summed E-state index contributed by atoms with van der Waals surface area (Å²) in [7, 11) is 0. The molecule has 28 heavy (non-hydrogen) atoms. The molecule has 0 aliphatic carbocycles.